The van der Waals surface area contributed by atoms with Crippen LogP contribution in [0.5, 0.6) is 0 Å². The topological polar surface area (TPSA) is 125 Å². The molecule has 4 rings (SSSR count). The second-order valence-corrected chi connectivity index (χ2v) is 8.06. The van der Waals surface area contributed by atoms with E-state index < -0.39 is 17.9 Å². The molecule has 2 heterocycles. The minimum absolute atomic E-state index is 0.165. The van der Waals surface area contributed by atoms with Gasteiger partial charge in [0.1, 0.15) is 17.6 Å². The van der Waals surface area contributed by atoms with Gasteiger partial charge in [-0.15, -0.1) is 0 Å². The van der Waals surface area contributed by atoms with E-state index in [2.05, 4.69) is 16.0 Å². The highest BCUT2D eigenvalue weighted by Crippen LogP contribution is 2.31. The lowest BCUT2D eigenvalue weighted by atomic mass is 10.1. The van der Waals surface area contributed by atoms with Gasteiger partial charge < -0.3 is 21.1 Å². The maximum absolute atomic E-state index is 12.9. The largest absolute Gasteiger partial charge is 0.480 e. The molecule has 1 atom stereocenters. The predicted octanol–water partition coefficient (Wildman–Crippen LogP) is 3.77. The van der Waals surface area contributed by atoms with Crippen molar-refractivity contribution >= 4 is 34.9 Å². The lowest BCUT2D eigenvalue weighted by molar-refractivity contribution is -0.138. The Labute approximate surface area is 201 Å². The molecular weight excluding hydrogens is 446 g/mol. The van der Waals surface area contributed by atoms with Gasteiger partial charge in [0.25, 0.3) is 5.91 Å². The van der Waals surface area contributed by atoms with E-state index in [0.29, 0.717) is 29.4 Å². The van der Waals surface area contributed by atoms with E-state index in [1.165, 1.54) is 13.8 Å². The van der Waals surface area contributed by atoms with Crippen molar-refractivity contribution in [2.24, 2.45) is 0 Å². The highest BCUT2D eigenvalue weighted by atomic mass is 16.4. The molecule has 0 aliphatic heterocycles. The van der Waals surface area contributed by atoms with Crippen molar-refractivity contribution in [2.45, 2.75) is 26.4 Å². The van der Waals surface area contributed by atoms with Crippen molar-refractivity contribution in [3.05, 3.63) is 84.1 Å². The normalized spacial score (nSPS) is 11.6. The summed E-state index contributed by atoms with van der Waals surface area (Å²) in [6.45, 7) is 3.37. The van der Waals surface area contributed by atoms with Crippen LogP contribution in [0.15, 0.2) is 72.9 Å². The summed E-state index contributed by atoms with van der Waals surface area (Å²) in [5, 5.41) is 17.8. The van der Waals surface area contributed by atoms with Gasteiger partial charge in [0, 0.05) is 30.9 Å². The number of anilines is 2. The Balaban J connectivity index is 1.77. The molecular formula is C26H25N5O4. The van der Waals surface area contributed by atoms with Gasteiger partial charge >= 0.3 is 5.97 Å². The number of carbonyl (C=O) groups excluding carboxylic acids is 2. The lowest BCUT2D eigenvalue weighted by Crippen LogP contribution is -2.38. The Kier molecular flexibility index (Phi) is 6.77. The summed E-state index contributed by atoms with van der Waals surface area (Å²) in [7, 11) is 0. The first kappa shape index (κ1) is 23.5. The maximum atomic E-state index is 12.9. The molecule has 0 spiro atoms. The monoisotopic (exact) mass is 471 g/mol. The number of pyridine rings is 1. The highest BCUT2D eigenvalue weighted by molar-refractivity contribution is 6.02. The summed E-state index contributed by atoms with van der Waals surface area (Å²) in [6, 6.07) is 19.4. The molecule has 2 aromatic heterocycles. The van der Waals surface area contributed by atoms with Crippen LogP contribution >= 0.6 is 0 Å². The van der Waals surface area contributed by atoms with E-state index in [4.69, 9.17) is 4.98 Å². The first-order valence-electron chi connectivity index (χ1n) is 11.0. The second-order valence-electron chi connectivity index (χ2n) is 8.06. The smallest absolute Gasteiger partial charge is 0.325 e. The number of nitrogens with zero attached hydrogens (tertiary/aromatic N) is 2. The summed E-state index contributed by atoms with van der Waals surface area (Å²) < 4.78 is 1.78. The van der Waals surface area contributed by atoms with Crippen molar-refractivity contribution in [2.75, 3.05) is 10.6 Å². The minimum atomic E-state index is -1.13. The molecule has 4 N–H and O–H groups in total. The second kappa shape index (κ2) is 10.1. The number of fused-ring (bicyclic) bond motifs is 1. The third kappa shape index (κ3) is 5.30. The predicted molar refractivity (Wildman–Crippen MR) is 133 cm³/mol. The van der Waals surface area contributed by atoms with Gasteiger partial charge in [-0.05, 0) is 36.8 Å². The number of carboxylic acids is 1. The number of aromatic nitrogens is 2. The third-order valence-corrected chi connectivity index (χ3v) is 5.39. The van der Waals surface area contributed by atoms with Gasteiger partial charge in [0.15, 0.2) is 5.65 Å². The Hall–Kier alpha value is -4.66. The average Bonchev–Trinajstić information content (AvgIpc) is 3.22. The van der Waals surface area contributed by atoms with Crippen LogP contribution in [0.25, 0.3) is 16.9 Å². The molecule has 0 aliphatic rings. The number of aliphatic carboxylic acids is 1. The molecule has 0 saturated heterocycles. The van der Waals surface area contributed by atoms with Crippen LogP contribution < -0.4 is 16.0 Å². The van der Waals surface area contributed by atoms with Gasteiger partial charge in [-0.25, -0.2) is 4.98 Å². The van der Waals surface area contributed by atoms with Crippen molar-refractivity contribution in [3.8, 4) is 11.3 Å². The number of rotatable bonds is 8. The Morgan fingerprint density at radius 3 is 2.37 bits per heavy atom. The molecule has 35 heavy (non-hydrogen) atoms. The van der Waals surface area contributed by atoms with Crippen molar-refractivity contribution in [1.82, 2.24) is 14.7 Å². The van der Waals surface area contributed by atoms with Gasteiger partial charge in [0.2, 0.25) is 5.91 Å². The van der Waals surface area contributed by atoms with Crippen molar-refractivity contribution < 1.29 is 19.5 Å². The van der Waals surface area contributed by atoms with Gasteiger partial charge in [-0.2, -0.15) is 0 Å². The van der Waals surface area contributed by atoms with Crippen LogP contribution in [-0.4, -0.2) is 38.3 Å². The Morgan fingerprint density at radius 1 is 1.00 bits per heavy atom. The molecule has 0 fully saturated rings. The van der Waals surface area contributed by atoms with Crippen LogP contribution in [0.3, 0.4) is 0 Å². The van der Waals surface area contributed by atoms with E-state index in [0.717, 1.165) is 11.1 Å². The van der Waals surface area contributed by atoms with Crippen LogP contribution in [0.1, 0.15) is 29.8 Å². The molecule has 2 aromatic carbocycles. The average molecular weight is 472 g/mol. The Bertz CT molecular complexity index is 1380. The highest BCUT2D eigenvalue weighted by Gasteiger charge is 2.22. The third-order valence-electron chi connectivity index (χ3n) is 5.39. The quantitative estimate of drug-likeness (QED) is 0.310. The molecule has 0 aliphatic carbocycles. The molecule has 4 aromatic rings. The summed E-state index contributed by atoms with van der Waals surface area (Å²) >= 11 is 0. The maximum Gasteiger partial charge on any atom is 0.325 e. The minimum Gasteiger partial charge on any atom is -0.480 e. The number of hydrogen-bond acceptors (Lipinski definition) is 5. The molecule has 178 valence electrons. The van der Waals surface area contributed by atoms with Crippen molar-refractivity contribution in [3.63, 3.8) is 0 Å². The fraction of sp³-hybridized carbons (Fsp3) is 0.154. The number of amides is 2. The molecule has 2 amide bonds. The first-order chi connectivity index (χ1) is 16.8. The zero-order chi connectivity index (χ0) is 24.9. The van der Waals surface area contributed by atoms with Crippen LogP contribution in [-0.2, 0) is 16.1 Å². The zero-order valence-corrected chi connectivity index (χ0v) is 19.3. The standard InChI is InChI=1S/C26H25N5O4/c1-16(26(34)35)28-25(33)21-9-6-14-31-23(21)30-22(19-10-12-20(13-11-19)29-17(2)32)24(31)27-15-18-7-4-3-5-8-18/h3-14,16,27H,15H2,1-2H3,(H,28,33)(H,29,32)(H,34,35). The number of imidazole rings is 1. The molecule has 0 radical (unpaired) electrons. The van der Waals surface area contributed by atoms with E-state index in [1.54, 1.807) is 34.9 Å². The van der Waals surface area contributed by atoms with Crippen LogP contribution in [0, 0.1) is 0 Å². The molecule has 9 nitrogen and oxygen atoms in total. The van der Waals surface area contributed by atoms with Crippen LogP contribution in [0.2, 0.25) is 0 Å². The van der Waals surface area contributed by atoms with E-state index in [9.17, 15) is 19.5 Å². The Morgan fingerprint density at radius 2 is 1.71 bits per heavy atom. The van der Waals surface area contributed by atoms with E-state index >= 15 is 0 Å². The number of benzene rings is 2. The lowest BCUT2D eigenvalue weighted by Gasteiger charge is -2.11. The molecule has 9 heteroatoms. The summed E-state index contributed by atoms with van der Waals surface area (Å²) in [6.07, 6.45) is 1.79. The number of nitrogens with one attached hydrogen (secondary N) is 3. The van der Waals surface area contributed by atoms with Gasteiger partial charge in [0.05, 0.1) is 5.56 Å². The van der Waals surface area contributed by atoms with Gasteiger partial charge in [-0.1, -0.05) is 42.5 Å². The molecule has 0 saturated carbocycles. The first-order valence-corrected chi connectivity index (χ1v) is 11.0. The van der Waals surface area contributed by atoms with E-state index in [1.807, 2.05) is 42.5 Å². The number of carbonyl (C=O) groups is 3. The molecule has 0 bridgehead atoms. The fourth-order valence-corrected chi connectivity index (χ4v) is 3.65. The summed E-state index contributed by atoms with van der Waals surface area (Å²) in [5.41, 5.74) is 3.76. The fourth-order valence-electron chi connectivity index (χ4n) is 3.65. The van der Waals surface area contributed by atoms with Gasteiger partial charge in [-0.3, -0.25) is 18.8 Å². The summed E-state index contributed by atoms with van der Waals surface area (Å²) in [5.74, 6) is -1.14. The zero-order valence-electron chi connectivity index (χ0n) is 19.3. The van der Waals surface area contributed by atoms with Crippen LogP contribution in [0.4, 0.5) is 11.5 Å². The SMILES string of the molecule is CC(=O)Nc1ccc(-c2nc3c(C(=O)NC(C)C(=O)O)cccn3c2NCc2ccccc2)cc1. The number of hydrogen-bond donors (Lipinski definition) is 4. The van der Waals surface area contributed by atoms with Crippen molar-refractivity contribution in [1.29, 1.82) is 0 Å². The number of carboxylic acid groups (broad SMARTS) is 1. The van der Waals surface area contributed by atoms with E-state index in [-0.39, 0.29) is 11.5 Å². The molecule has 1 unspecified atom stereocenters. The summed E-state index contributed by atoms with van der Waals surface area (Å²) in [4.78, 5) is 40.2.